The lowest BCUT2D eigenvalue weighted by Crippen LogP contribution is -2.55. The Morgan fingerprint density at radius 2 is 1.86 bits per heavy atom. The van der Waals surface area contributed by atoms with E-state index in [4.69, 9.17) is 0 Å². The molecule has 11 heteroatoms. The highest BCUT2D eigenvalue weighted by Crippen LogP contribution is 2.37. The number of carbonyl (C=O) groups is 1. The second kappa shape index (κ2) is 6.03. The van der Waals surface area contributed by atoms with E-state index in [0.717, 1.165) is 6.26 Å². The Kier molecular flexibility index (Phi) is 5.19. The molecule has 0 aliphatic carbocycles. The molecule has 0 aromatic carbocycles. The van der Waals surface area contributed by atoms with Crippen molar-refractivity contribution in [2.75, 3.05) is 25.9 Å². The van der Waals surface area contributed by atoms with Gasteiger partial charge in [-0.2, -0.15) is 22.0 Å². The van der Waals surface area contributed by atoms with Crippen LogP contribution in [-0.4, -0.2) is 57.2 Å². The molecule has 1 aliphatic heterocycles. The van der Waals surface area contributed by atoms with Gasteiger partial charge in [0.1, 0.15) is 0 Å². The summed E-state index contributed by atoms with van der Waals surface area (Å²) in [5.41, 5.74) is 0. The highest BCUT2D eigenvalue weighted by Gasteiger charge is 2.64. The van der Waals surface area contributed by atoms with Crippen LogP contribution < -0.4 is 4.72 Å². The van der Waals surface area contributed by atoms with E-state index in [0.29, 0.717) is 11.3 Å². The van der Waals surface area contributed by atoms with Crippen molar-refractivity contribution < 1.29 is 35.2 Å². The molecule has 0 saturated carbocycles. The molecule has 0 bridgehead atoms. The van der Waals surface area contributed by atoms with Gasteiger partial charge in [0.05, 0.1) is 6.26 Å². The zero-order valence-electron chi connectivity index (χ0n) is 11.1. The van der Waals surface area contributed by atoms with E-state index < -0.39 is 33.9 Å². The van der Waals surface area contributed by atoms with Crippen LogP contribution >= 0.6 is 0 Å². The van der Waals surface area contributed by atoms with Crippen molar-refractivity contribution in [1.82, 2.24) is 9.62 Å². The van der Waals surface area contributed by atoms with Crippen LogP contribution in [0.15, 0.2) is 0 Å². The highest BCUT2D eigenvalue weighted by molar-refractivity contribution is 7.88. The molecule has 1 N–H and O–H groups in total. The molecule has 0 spiro atoms. The first kappa shape index (κ1) is 18.1. The number of carbonyl (C=O) groups excluding carboxylic acids is 1. The lowest BCUT2D eigenvalue weighted by Gasteiger charge is -2.35. The third kappa shape index (κ3) is 4.77. The van der Waals surface area contributed by atoms with E-state index in [2.05, 4.69) is 4.72 Å². The number of likely N-dealkylation sites (tertiary alicyclic amines) is 1. The minimum atomic E-state index is -5.94. The molecule has 124 valence electrons. The number of alkyl halides is 5. The summed E-state index contributed by atoms with van der Waals surface area (Å²) in [6.07, 6.45) is -4.38. The fraction of sp³-hybridized carbons (Fsp3) is 0.900. The average molecular weight is 338 g/mol. The lowest BCUT2D eigenvalue weighted by atomic mass is 9.98. The minimum Gasteiger partial charge on any atom is -0.337 e. The molecule has 1 aliphatic rings. The van der Waals surface area contributed by atoms with Gasteiger partial charge in [0.25, 0.3) is 0 Å². The summed E-state index contributed by atoms with van der Waals surface area (Å²) >= 11 is 0. The van der Waals surface area contributed by atoms with E-state index in [1.165, 1.54) is 0 Å². The maximum atomic E-state index is 13.0. The van der Waals surface area contributed by atoms with Crippen LogP contribution in [0.2, 0.25) is 0 Å². The Labute approximate surface area is 118 Å². The van der Waals surface area contributed by atoms with Gasteiger partial charge in [0.15, 0.2) is 0 Å². The van der Waals surface area contributed by atoms with Gasteiger partial charge in [0.2, 0.25) is 10.0 Å². The SMILES string of the molecule is CS(=O)(=O)NCC1CCCN(C(=O)C(F)(F)C(F)(F)F)C1. The summed E-state index contributed by atoms with van der Waals surface area (Å²) in [4.78, 5) is 11.8. The summed E-state index contributed by atoms with van der Waals surface area (Å²) < 4.78 is 86.4. The molecule has 1 amide bonds. The van der Waals surface area contributed by atoms with Crippen LogP contribution in [0.5, 0.6) is 0 Å². The van der Waals surface area contributed by atoms with Crippen LogP contribution in [0.4, 0.5) is 22.0 Å². The Morgan fingerprint density at radius 1 is 1.29 bits per heavy atom. The zero-order valence-corrected chi connectivity index (χ0v) is 11.9. The van der Waals surface area contributed by atoms with Crippen LogP contribution in [0, 0.1) is 5.92 Å². The number of halogens is 5. The van der Waals surface area contributed by atoms with Gasteiger partial charge in [0, 0.05) is 19.6 Å². The van der Waals surface area contributed by atoms with E-state index in [-0.39, 0.29) is 26.1 Å². The van der Waals surface area contributed by atoms with Crippen LogP contribution in [0.3, 0.4) is 0 Å². The molecule has 1 fully saturated rings. The maximum Gasteiger partial charge on any atom is 0.463 e. The second-order valence-electron chi connectivity index (χ2n) is 4.95. The largest absolute Gasteiger partial charge is 0.463 e. The average Bonchev–Trinajstić information content (AvgIpc) is 2.33. The van der Waals surface area contributed by atoms with Crippen LogP contribution in [0.1, 0.15) is 12.8 Å². The standard InChI is InChI=1S/C10H15F5N2O3S/c1-21(19,20)16-5-7-3-2-4-17(6-7)8(18)9(11,12)10(13,14)15/h7,16H,2-6H2,1H3. The summed E-state index contributed by atoms with van der Waals surface area (Å²) in [7, 11) is -3.49. The van der Waals surface area contributed by atoms with Crippen molar-refractivity contribution in [3.8, 4) is 0 Å². The first-order valence-corrected chi connectivity index (χ1v) is 7.92. The fourth-order valence-electron chi connectivity index (χ4n) is 2.01. The van der Waals surface area contributed by atoms with Crippen molar-refractivity contribution in [1.29, 1.82) is 0 Å². The number of nitrogens with one attached hydrogen (secondary N) is 1. The molecular weight excluding hydrogens is 323 g/mol. The Balaban J connectivity index is 2.70. The van der Waals surface area contributed by atoms with Crippen LogP contribution in [-0.2, 0) is 14.8 Å². The maximum absolute atomic E-state index is 13.0. The zero-order chi connectivity index (χ0) is 16.5. The van der Waals surface area contributed by atoms with E-state index in [1.807, 2.05) is 0 Å². The summed E-state index contributed by atoms with van der Waals surface area (Å²) in [6, 6.07) is 0. The number of hydrogen-bond acceptors (Lipinski definition) is 3. The molecular formula is C10H15F5N2O3S. The smallest absolute Gasteiger partial charge is 0.337 e. The van der Waals surface area contributed by atoms with Gasteiger partial charge < -0.3 is 4.90 Å². The van der Waals surface area contributed by atoms with Crippen LogP contribution in [0.25, 0.3) is 0 Å². The lowest BCUT2D eigenvalue weighted by molar-refractivity contribution is -0.275. The third-order valence-electron chi connectivity index (χ3n) is 3.07. The Bertz CT molecular complexity index is 491. The monoisotopic (exact) mass is 338 g/mol. The number of hydrogen-bond donors (Lipinski definition) is 1. The van der Waals surface area contributed by atoms with Crippen molar-refractivity contribution in [2.24, 2.45) is 5.92 Å². The van der Waals surface area contributed by atoms with Gasteiger partial charge >= 0.3 is 18.0 Å². The number of piperidine rings is 1. The van der Waals surface area contributed by atoms with E-state index >= 15 is 0 Å². The summed E-state index contributed by atoms with van der Waals surface area (Å²) in [6.45, 7) is -0.660. The molecule has 21 heavy (non-hydrogen) atoms. The highest BCUT2D eigenvalue weighted by atomic mass is 32.2. The normalized spacial score (nSPS) is 21.4. The fourth-order valence-corrected chi connectivity index (χ4v) is 2.54. The number of sulfonamides is 1. The van der Waals surface area contributed by atoms with Crippen molar-refractivity contribution in [3.05, 3.63) is 0 Å². The molecule has 1 rings (SSSR count). The van der Waals surface area contributed by atoms with Gasteiger partial charge in [-0.25, -0.2) is 13.1 Å². The van der Waals surface area contributed by atoms with Crippen molar-refractivity contribution in [3.63, 3.8) is 0 Å². The molecule has 1 saturated heterocycles. The minimum absolute atomic E-state index is 0.111. The first-order valence-electron chi connectivity index (χ1n) is 6.03. The third-order valence-corrected chi connectivity index (χ3v) is 3.76. The summed E-state index contributed by atoms with van der Waals surface area (Å²) in [5, 5.41) is 0. The number of amides is 1. The van der Waals surface area contributed by atoms with Gasteiger partial charge in [-0.1, -0.05) is 0 Å². The Hall–Kier alpha value is -0.970. The van der Waals surface area contributed by atoms with E-state index in [9.17, 15) is 35.2 Å². The van der Waals surface area contributed by atoms with Gasteiger partial charge in [-0.05, 0) is 18.8 Å². The van der Waals surface area contributed by atoms with E-state index in [1.54, 1.807) is 0 Å². The Morgan fingerprint density at radius 3 is 2.33 bits per heavy atom. The molecule has 1 atom stereocenters. The molecule has 1 heterocycles. The predicted octanol–water partition coefficient (Wildman–Crippen LogP) is 0.972. The summed E-state index contributed by atoms with van der Waals surface area (Å²) in [5.74, 6) is -8.22. The van der Waals surface area contributed by atoms with Gasteiger partial charge in [-0.15, -0.1) is 0 Å². The van der Waals surface area contributed by atoms with Crippen molar-refractivity contribution in [2.45, 2.75) is 24.9 Å². The predicted molar refractivity (Wildman–Crippen MR) is 63.2 cm³/mol. The topological polar surface area (TPSA) is 66.5 Å². The molecule has 0 aromatic heterocycles. The molecule has 1 unspecified atom stereocenters. The molecule has 0 aromatic rings. The molecule has 5 nitrogen and oxygen atoms in total. The first-order chi connectivity index (χ1) is 9.34. The second-order valence-corrected chi connectivity index (χ2v) is 6.79. The number of nitrogens with zero attached hydrogens (tertiary/aromatic N) is 1. The van der Waals surface area contributed by atoms with Crippen molar-refractivity contribution >= 4 is 15.9 Å². The van der Waals surface area contributed by atoms with Gasteiger partial charge in [-0.3, -0.25) is 4.79 Å². The quantitative estimate of drug-likeness (QED) is 0.777. The molecule has 0 radical (unpaired) electrons. The number of rotatable bonds is 4.